The van der Waals surface area contributed by atoms with Crippen LogP contribution in [0.3, 0.4) is 0 Å². The van der Waals surface area contributed by atoms with Crippen molar-refractivity contribution in [3.05, 3.63) is 90.6 Å². The molecule has 2 aromatic heterocycles. The van der Waals surface area contributed by atoms with Gasteiger partial charge in [0.1, 0.15) is 11.6 Å². The molecular weight excluding hydrogens is 357 g/mol. The summed E-state index contributed by atoms with van der Waals surface area (Å²) in [6.45, 7) is 0.446. The van der Waals surface area contributed by atoms with Gasteiger partial charge in [0.25, 0.3) is 0 Å². The largest absolute Gasteiger partial charge is 0.329 e. The lowest BCUT2D eigenvalue weighted by Gasteiger charge is -2.20. The van der Waals surface area contributed by atoms with Crippen molar-refractivity contribution in [2.24, 2.45) is 0 Å². The van der Waals surface area contributed by atoms with Gasteiger partial charge in [0.15, 0.2) is 0 Å². The van der Waals surface area contributed by atoms with E-state index in [0.717, 1.165) is 16.6 Å². The van der Waals surface area contributed by atoms with Crippen molar-refractivity contribution in [3.63, 3.8) is 0 Å². The van der Waals surface area contributed by atoms with E-state index in [1.807, 2.05) is 28.8 Å². The molecule has 2 heterocycles. The molecule has 4 rings (SSSR count). The summed E-state index contributed by atoms with van der Waals surface area (Å²) in [5, 5.41) is 5.65. The normalized spacial score (nSPS) is 11.9. The second-order valence-corrected chi connectivity index (χ2v) is 6.30. The van der Waals surface area contributed by atoms with Crippen LogP contribution in [0.1, 0.15) is 11.6 Å². The highest BCUT2D eigenvalue weighted by Crippen LogP contribution is 2.20. The van der Waals surface area contributed by atoms with Gasteiger partial charge in [-0.25, -0.2) is 19.2 Å². The first-order valence-electron chi connectivity index (χ1n) is 8.83. The quantitative estimate of drug-likeness (QED) is 0.551. The van der Waals surface area contributed by atoms with E-state index in [0.29, 0.717) is 12.4 Å². The van der Waals surface area contributed by atoms with E-state index >= 15 is 0 Å². The van der Waals surface area contributed by atoms with Crippen molar-refractivity contribution >= 4 is 22.9 Å². The molecule has 1 atom stereocenters. The highest BCUT2D eigenvalue weighted by Gasteiger charge is 2.17. The molecule has 0 aliphatic rings. The van der Waals surface area contributed by atoms with E-state index in [1.54, 1.807) is 42.9 Å². The number of nitrogens with one attached hydrogen (secondary N) is 2. The van der Waals surface area contributed by atoms with Crippen molar-refractivity contribution in [3.8, 4) is 0 Å². The number of urea groups is 1. The molecule has 140 valence electrons. The number of pyridine rings is 1. The Morgan fingerprint density at radius 1 is 1.00 bits per heavy atom. The van der Waals surface area contributed by atoms with Crippen molar-refractivity contribution in [2.75, 3.05) is 5.32 Å². The summed E-state index contributed by atoms with van der Waals surface area (Å²) in [5.41, 5.74) is 2.62. The van der Waals surface area contributed by atoms with Gasteiger partial charge in [-0.2, -0.15) is 0 Å². The van der Waals surface area contributed by atoms with E-state index in [-0.39, 0.29) is 11.9 Å². The SMILES string of the molecule is O=C(Nc1ccccn1)NC(Cn1cnc2ccccc21)c1ccc(F)cc1. The molecule has 7 heteroatoms. The fraction of sp³-hybridized carbons (Fsp3) is 0.0952. The maximum atomic E-state index is 13.4. The minimum Gasteiger partial charge on any atom is -0.329 e. The molecule has 2 aromatic carbocycles. The van der Waals surface area contributed by atoms with Gasteiger partial charge in [0, 0.05) is 12.7 Å². The Kier molecular flexibility index (Phi) is 4.97. The second-order valence-electron chi connectivity index (χ2n) is 6.30. The number of rotatable bonds is 5. The number of aromatic nitrogens is 3. The van der Waals surface area contributed by atoms with E-state index in [4.69, 9.17) is 0 Å². The summed E-state index contributed by atoms with van der Waals surface area (Å²) in [7, 11) is 0. The molecule has 6 nitrogen and oxygen atoms in total. The minimum atomic E-state index is -0.391. The van der Waals surface area contributed by atoms with Crippen LogP contribution in [0.4, 0.5) is 15.0 Å². The Labute approximate surface area is 161 Å². The molecule has 0 radical (unpaired) electrons. The fourth-order valence-electron chi connectivity index (χ4n) is 3.03. The lowest BCUT2D eigenvalue weighted by Crippen LogP contribution is -2.35. The van der Waals surface area contributed by atoms with Crippen LogP contribution < -0.4 is 10.6 Å². The molecule has 28 heavy (non-hydrogen) atoms. The van der Waals surface area contributed by atoms with Crippen LogP contribution in [-0.4, -0.2) is 20.6 Å². The molecule has 0 fully saturated rings. The Hall–Kier alpha value is -3.74. The number of hydrogen-bond donors (Lipinski definition) is 2. The molecule has 0 aliphatic carbocycles. The number of para-hydroxylation sites is 2. The number of anilines is 1. The summed E-state index contributed by atoms with van der Waals surface area (Å²) in [5.74, 6) is 0.124. The number of imidazole rings is 1. The number of halogens is 1. The first kappa shape index (κ1) is 17.7. The molecule has 2 amide bonds. The van der Waals surface area contributed by atoms with Crippen molar-refractivity contribution in [1.29, 1.82) is 0 Å². The Morgan fingerprint density at radius 3 is 2.57 bits per heavy atom. The monoisotopic (exact) mass is 375 g/mol. The maximum absolute atomic E-state index is 13.4. The Morgan fingerprint density at radius 2 is 1.79 bits per heavy atom. The zero-order chi connectivity index (χ0) is 19.3. The Bertz CT molecular complexity index is 1080. The number of fused-ring (bicyclic) bond motifs is 1. The van der Waals surface area contributed by atoms with Gasteiger partial charge in [0.05, 0.1) is 23.4 Å². The summed E-state index contributed by atoms with van der Waals surface area (Å²) < 4.78 is 15.3. The molecule has 0 spiro atoms. The van der Waals surface area contributed by atoms with E-state index in [1.165, 1.54) is 12.1 Å². The number of amides is 2. The van der Waals surface area contributed by atoms with Crippen molar-refractivity contribution in [2.45, 2.75) is 12.6 Å². The van der Waals surface area contributed by atoms with Crippen LogP contribution in [0.2, 0.25) is 0 Å². The fourth-order valence-corrected chi connectivity index (χ4v) is 3.03. The average molecular weight is 375 g/mol. The predicted octanol–water partition coefficient (Wildman–Crippen LogP) is 4.13. The van der Waals surface area contributed by atoms with Crippen molar-refractivity contribution < 1.29 is 9.18 Å². The van der Waals surface area contributed by atoms with Crippen LogP contribution in [0, 0.1) is 5.82 Å². The van der Waals surface area contributed by atoms with E-state index in [9.17, 15) is 9.18 Å². The smallest absolute Gasteiger partial charge is 0.320 e. The van der Waals surface area contributed by atoms with Crippen LogP contribution in [-0.2, 0) is 6.54 Å². The molecule has 0 saturated carbocycles. The third kappa shape index (κ3) is 3.98. The highest BCUT2D eigenvalue weighted by atomic mass is 19.1. The summed E-state index contributed by atoms with van der Waals surface area (Å²) in [6, 6.07) is 18.4. The topological polar surface area (TPSA) is 71.8 Å². The predicted molar refractivity (Wildman–Crippen MR) is 105 cm³/mol. The maximum Gasteiger partial charge on any atom is 0.320 e. The zero-order valence-electron chi connectivity index (χ0n) is 14.9. The Balaban J connectivity index is 1.58. The van der Waals surface area contributed by atoms with Gasteiger partial charge in [-0.1, -0.05) is 30.3 Å². The first-order chi connectivity index (χ1) is 13.7. The summed E-state index contributed by atoms with van der Waals surface area (Å²) >= 11 is 0. The van der Waals surface area contributed by atoms with Crippen molar-refractivity contribution in [1.82, 2.24) is 19.9 Å². The molecule has 2 N–H and O–H groups in total. The molecule has 1 unspecified atom stereocenters. The van der Waals surface area contributed by atoms with E-state index in [2.05, 4.69) is 20.6 Å². The lowest BCUT2D eigenvalue weighted by atomic mass is 10.1. The van der Waals surface area contributed by atoms with Crippen LogP contribution in [0.5, 0.6) is 0 Å². The number of carbonyl (C=O) groups is 1. The molecule has 0 saturated heterocycles. The van der Waals surface area contributed by atoms with Crippen LogP contribution in [0.25, 0.3) is 11.0 Å². The van der Waals surface area contributed by atoms with Crippen LogP contribution >= 0.6 is 0 Å². The van der Waals surface area contributed by atoms with Gasteiger partial charge >= 0.3 is 6.03 Å². The summed E-state index contributed by atoms with van der Waals surface area (Å²) in [4.78, 5) is 21.0. The molecular formula is C21H18FN5O. The summed E-state index contributed by atoms with van der Waals surface area (Å²) in [6.07, 6.45) is 3.34. The third-order valence-electron chi connectivity index (χ3n) is 4.39. The van der Waals surface area contributed by atoms with Gasteiger partial charge in [0.2, 0.25) is 0 Å². The zero-order valence-corrected chi connectivity index (χ0v) is 14.9. The highest BCUT2D eigenvalue weighted by molar-refractivity contribution is 5.88. The van der Waals surface area contributed by atoms with Crippen LogP contribution in [0.15, 0.2) is 79.3 Å². The van der Waals surface area contributed by atoms with Gasteiger partial charge < -0.3 is 9.88 Å². The minimum absolute atomic E-state index is 0.325. The number of nitrogens with zero attached hydrogens (tertiary/aromatic N) is 3. The third-order valence-corrected chi connectivity index (χ3v) is 4.39. The second kappa shape index (κ2) is 7.87. The molecule has 0 bridgehead atoms. The standard InChI is InChI=1S/C21H18FN5O/c22-16-10-8-15(9-11-16)18(25-21(28)26-20-7-3-4-12-23-20)13-27-14-24-17-5-1-2-6-19(17)27/h1-12,14,18H,13H2,(H2,23,25,26,28). The molecule has 0 aliphatic heterocycles. The average Bonchev–Trinajstić information content (AvgIpc) is 3.12. The van der Waals surface area contributed by atoms with Gasteiger partial charge in [-0.3, -0.25) is 5.32 Å². The number of hydrogen-bond acceptors (Lipinski definition) is 3. The number of benzene rings is 2. The van der Waals surface area contributed by atoms with Gasteiger partial charge in [-0.05, 0) is 42.0 Å². The first-order valence-corrected chi connectivity index (χ1v) is 8.83. The van der Waals surface area contributed by atoms with E-state index < -0.39 is 6.03 Å². The molecule has 4 aromatic rings. The van der Waals surface area contributed by atoms with Gasteiger partial charge in [-0.15, -0.1) is 0 Å². The number of carbonyl (C=O) groups excluding carboxylic acids is 1. The lowest BCUT2D eigenvalue weighted by molar-refractivity contribution is 0.247.